The van der Waals surface area contributed by atoms with Crippen LogP contribution in [0, 0.1) is 11.8 Å². The first kappa shape index (κ1) is 14.2. The second-order valence-electron chi connectivity index (χ2n) is 4.16. The van der Waals surface area contributed by atoms with Gasteiger partial charge in [-0.3, -0.25) is 0 Å². The molecule has 5 nitrogen and oxygen atoms in total. The van der Waals surface area contributed by atoms with E-state index in [-0.39, 0.29) is 5.25 Å². The van der Waals surface area contributed by atoms with Crippen LogP contribution in [0.4, 0.5) is 5.82 Å². The average molecular weight is 296 g/mol. The summed E-state index contributed by atoms with van der Waals surface area (Å²) in [6.45, 7) is 3.62. The highest BCUT2D eigenvalue weighted by Crippen LogP contribution is 2.22. The molecule has 1 saturated heterocycles. The molecule has 1 fully saturated rings. The van der Waals surface area contributed by atoms with Crippen molar-refractivity contribution in [1.82, 2.24) is 14.3 Å². The Balaban J connectivity index is 2.07. The Morgan fingerprint density at radius 3 is 2.84 bits per heavy atom. The predicted molar refractivity (Wildman–Crippen MR) is 81.8 cm³/mol. The lowest BCUT2D eigenvalue weighted by atomic mass is 10.3. The molecule has 1 unspecified atom stereocenters. The fourth-order valence-electron chi connectivity index (χ4n) is 1.59. The van der Waals surface area contributed by atoms with E-state index in [9.17, 15) is 4.21 Å². The first-order valence-corrected chi connectivity index (χ1v) is 8.00. The van der Waals surface area contributed by atoms with Gasteiger partial charge < -0.3 is 5.32 Å². The predicted octanol–water partition coefficient (Wildman–Crippen LogP) is 0.516. The Hall–Kier alpha value is -1.23. The minimum Gasteiger partial charge on any atom is -0.358 e. The second-order valence-corrected chi connectivity index (χ2v) is 7.11. The van der Waals surface area contributed by atoms with E-state index in [2.05, 4.69) is 45.6 Å². The summed E-state index contributed by atoms with van der Waals surface area (Å²) in [4.78, 5) is 8.35. The van der Waals surface area contributed by atoms with Gasteiger partial charge in [0.05, 0.1) is 28.6 Å². The molecule has 1 N–H and O–H groups in total. The van der Waals surface area contributed by atoms with Crippen LogP contribution in [0.3, 0.4) is 0 Å². The zero-order chi connectivity index (χ0) is 13.9. The van der Waals surface area contributed by atoms with Crippen molar-refractivity contribution in [2.24, 2.45) is 0 Å². The van der Waals surface area contributed by atoms with Gasteiger partial charge in [-0.2, -0.15) is 12.6 Å². The van der Waals surface area contributed by atoms with E-state index in [1.807, 2.05) is 0 Å². The monoisotopic (exact) mass is 296 g/mol. The van der Waals surface area contributed by atoms with E-state index in [0.29, 0.717) is 30.5 Å². The van der Waals surface area contributed by atoms with E-state index in [4.69, 9.17) is 0 Å². The number of anilines is 1. The van der Waals surface area contributed by atoms with Crippen molar-refractivity contribution in [2.45, 2.75) is 17.2 Å². The second kappa shape index (κ2) is 5.82. The van der Waals surface area contributed by atoms with Crippen molar-refractivity contribution in [3.05, 3.63) is 12.4 Å². The van der Waals surface area contributed by atoms with Crippen LogP contribution in [0.15, 0.2) is 17.4 Å². The van der Waals surface area contributed by atoms with Gasteiger partial charge in [-0.15, -0.1) is 5.92 Å². The van der Waals surface area contributed by atoms with Gasteiger partial charge in [0.25, 0.3) is 0 Å². The molecule has 0 spiro atoms. The number of hydrogen-bond acceptors (Lipinski definition) is 5. The molecule has 19 heavy (non-hydrogen) atoms. The number of nitrogens with one attached hydrogen (secondary N) is 1. The summed E-state index contributed by atoms with van der Waals surface area (Å²) < 4.78 is 14.3. The first-order valence-electron chi connectivity index (χ1n) is 5.80. The third kappa shape index (κ3) is 3.21. The lowest BCUT2D eigenvalue weighted by molar-refractivity contribution is 0.339. The molecule has 0 aliphatic carbocycles. The molecule has 1 aromatic rings. The molecule has 1 aliphatic rings. The molecule has 1 atom stereocenters. The lowest BCUT2D eigenvalue weighted by Gasteiger charge is -2.37. The molecule has 2 rings (SSSR count). The van der Waals surface area contributed by atoms with E-state index >= 15 is 0 Å². The number of aromatic nitrogens is 2. The fourth-order valence-corrected chi connectivity index (χ4v) is 3.74. The normalized spacial score (nSPS) is 18.8. The van der Waals surface area contributed by atoms with Gasteiger partial charge in [-0.05, 0) is 12.8 Å². The highest BCUT2D eigenvalue weighted by atomic mass is 32.2. The Kier molecular flexibility index (Phi) is 4.34. The molecule has 0 saturated carbocycles. The maximum Gasteiger partial charge on any atom is 0.151 e. The summed E-state index contributed by atoms with van der Waals surface area (Å²) in [6.07, 6.45) is 3.05. The van der Waals surface area contributed by atoms with Gasteiger partial charge in [0.15, 0.2) is 5.03 Å². The molecule has 0 bridgehead atoms. The SMILES string of the molecule is C=S(=O)(c1cnc(NCC#CC)cn1)N1CC(S)C1. The van der Waals surface area contributed by atoms with E-state index in [0.717, 1.165) is 0 Å². The molecule has 7 heteroatoms. The Labute approximate surface area is 119 Å². The molecule has 1 aliphatic heterocycles. The average Bonchev–Trinajstić information content (AvgIpc) is 2.36. The molecule has 0 aromatic carbocycles. The van der Waals surface area contributed by atoms with Crippen LogP contribution in [-0.4, -0.2) is 49.2 Å². The number of thiol groups is 1. The van der Waals surface area contributed by atoms with Crippen LogP contribution in [0.2, 0.25) is 0 Å². The van der Waals surface area contributed by atoms with Crippen LogP contribution in [-0.2, 0) is 9.71 Å². The fraction of sp³-hybridized carbons (Fsp3) is 0.417. The van der Waals surface area contributed by atoms with Gasteiger partial charge in [-0.1, -0.05) is 5.92 Å². The van der Waals surface area contributed by atoms with Crippen molar-refractivity contribution in [1.29, 1.82) is 0 Å². The standard InChI is InChI=1S/C12H16N4OS2/c1-3-4-5-13-11-6-15-12(7-14-11)19(2,17)16-8-10(18)9-16/h6-7,10,18H,2,5,8-9H2,1H3,(H,13,14). The van der Waals surface area contributed by atoms with Crippen molar-refractivity contribution >= 4 is 34.0 Å². The molecular formula is C12H16N4OS2. The minimum atomic E-state index is -2.52. The Bertz CT molecular complexity index is 595. The minimum absolute atomic E-state index is 0.268. The number of nitrogens with zero attached hydrogens (tertiary/aromatic N) is 3. The Morgan fingerprint density at radius 2 is 2.32 bits per heavy atom. The van der Waals surface area contributed by atoms with Gasteiger partial charge in [0.2, 0.25) is 0 Å². The Morgan fingerprint density at radius 1 is 1.58 bits per heavy atom. The van der Waals surface area contributed by atoms with Gasteiger partial charge in [0, 0.05) is 18.3 Å². The summed E-state index contributed by atoms with van der Waals surface area (Å²) in [5.41, 5.74) is 0. The summed E-state index contributed by atoms with van der Waals surface area (Å²) in [7, 11) is -2.52. The van der Waals surface area contributed by atoms with Crippen molar-refractivity contribution in [3.63, 3.8) is 0 Å². The zero-order valence-corrected chi connectivity index (χ0v) is 12.4. The largest absolute Gasteiger partial charge is 0.358 e. The lowest BCUT2D eigenvalue weighted by Crippen LogP contribution is -2.50. The molecule has 102 valence electrons. The number of rotatable bonds is 4. The first-order chi connectivity index (χ1) is 9.04. The summed E-state index contributed by atoms with van der Waals surface area (Å²) in [6, 6.07) is 0. The maximum absolute atomic E-state index is 12.5. The molecule has 0 amide bonds. The van der Waals surface area contributed by atoms with Gasteiger partial charge in [-0.25, -0.2) is 18.5 Å². The smallest absolute Gasteiger partial charge is 0.151 e. The summed E-state index contributed by atoms with van der Waals surface area (Å²) >= 11 is 4.30. The van der Waals surface area contributed by atoms with Crippen LogP contribution < -0.4 is 5.32 Å². The van der Waals surface area contributed by atoms with E-state index in [1.165, 1.54) is 6.20 Å². The highest BCUT2D eigenvalue weighted by Gasteiger charge is 2.31. The summed E-state index contributed by atoms with van der Waals surface area (Å²) in [5, 5.41) is 3.67. The van der Waals surface area contributed by atoms with Crippen molar-refractivity contribution in [3.8, 4) is 11.8 Å². The van der Waals surface area contributed by atoms with Crippen LogP contribution in [0.25, 0.3) is 0 Å². The van der Waals surface area contributed by atoms with Crippen molar-refractivity contribution in [2.75, 3.05) is 25.0 Å². The zero-order valence-electron chi connectivity index (χ0n) is 10.7. The highest BCUT2D eigenvalue weighted by molar-refractivity contribution is 7.98. The van der Waals surface area contributed by atoms with E-state index in [1.54, 1.807) is 17.4 Å². The molecule has 1 aromatic heterocycles. The van der Waals surface area contributed by atoms with Crippen LogP contribution in [0.1, 0.15) is 6.92 Å². The van der Waals surface area contributed by atoms with Crippen LogP contribution >= 0.6 is 12.6 Å². The molecule has 0 radical (unpaired) electrons. The topological polar surface area (TPSA) is 58.1 Å². The third-order valence-electron chi connectivity index (χ3n) is 2.74. The quantitative estimate of drug-likeness (QED) is 0.483. The summed E-state index contributed by atoms with van der Waals surface area (Å²) in [5.74, 6) is 10.0. The van der Waals surface area contributed by atoms with Gasteiger partial charge in [0.1, 0.15) is 5.82 Å². The van der Waals surface area contributed by atoms with E-state index < -0.39 is 9.71 Å². The number of hydrogen-bond donors (Lipinski definition) is 2. The maximum atomic E-state index is 12.5. The van der Waals surface area contributed by atoms with Crippen molar-refractivity contribution < 1.29 is 4.21 Å². The van der Waals surface area contributed by atoms with Crippen LogP contribution in [0.5, 0.6) is 0 Å². The van der Waals surface area contributed by atoms with Gasteiger partial charge >= 0.3 is 0 Å². The third-order valence-corrected chi connectivity index (χ3v) is 5.06. The molecular weight excluding hydrogens is 280 g/mol. The molecule has 2 heterocycles.